The number of carbonyl (C=O) groups excluding carboxylic acids is 1. The molecule has 0 saturated carbocycles. The number of fused-ring (bicyclic) bond motifs is 2. The fourth-order valence-corrected chi connectivity index (χ4v) is 3.94. The Bertz CT molecular complexity index is 1360. The largest absolute Gasteiger partial charge is 0.464 e. The summed E-state index contributed by atoms with van der Waals surface area (Å²) in [5.74, 6) is 0.268. The number of nitrogens with one attached hydrogen (secondary N) is 2. The van der Waals surface area contributed by atoms with Crippen LogP contribution in [0.15, 0.2) is 57.3 Å². The molecule has 0 radical (unpaired) electrons. The zero-order valence-electron chi connectivity index (χ0n) is 14.3. The molecule has 9 heteroatoms. The Hall–Kier alpha value is -3.72. The number of ether oxygens (including phenoxy) is 1. The predicted octanol–water partition coefficient (Wildman–Crippen LogP) is 3.48. The number of rotatable bonds is 4. The number of para-hydroxylation sites is 1. The van der Waals surface area contributed by atoms with Crippen molar-refractivity contribution in [2.45, 2.75) is 6.61 Å². The number of thiophene rings is 1. The average molecular weight is 392 g/mol. The van der Waals surface area contributed by atoms with Crippen molar-refractivity contribution >= 4 is 38.4 Å². The van der Waals surface area contributed by atoms with Gasteiger partial charge in [-0.3, -0.25) is 9.89 Å². The minimum absolute atomic E-state index is 0.167. The lowest BCUT2D eigenvalue weighted by Crippen LogP contribution is -2.14. The lowest BCUT2D eigenvalue weighted by molar-refractivity contribution is 0.0457. The fraction of sp³-hybridized carbons (Fsp3) is 0.0526. The number of aromatic amines is 2. The van der Waals surface area contributed by atoms with Crippen LogP contribution in [-0.2, 0) is 11.3 Å². The van der Waals surface area contributed by atoms with E-state index in [1.807, 2.05) is 23.6 Å². The van der Waals surface area contributed by atoms with Crippen LogP contribution in [0.25, 0.3) is 32.4 Å². The van der Waals surface area contributed by atoms with E-state index in [2.05, 4.69) is 20.2 Å². The van der Waals surface area contributed by atoms with Crippen molar-refractivity contribution in [2.75, 3.05) is 0 Å². The Kier molecular flexibility index (Phi) is 3.80. The van der Waals surface area contributed by atoms with Gasteiger partial charge in [-0.2, -0.15) is 5.10 Å². The summed E-state index contributed by atoms with van der Waals surface area (Å²) < 4.78 is 10.7. The average Bonchev–Trinajstić information content (AvgIpc) is 3.44. The minimum Gasteiger partial charge on any atom is -0.464 e. The standard InChI is InChI=1S/C19H12N4O4S/c24-17-15-11(13-6-3-7-26-13)9-28-18(15)21-14(20-17)8-27-19(25)16-10-4-1-2-5-12(10)22-23-16/h1-7,9H,8H2,(H,22,23)(H,20,21,24). The van der Waals surface area contributed by atoms with E-state index >= 15 is 0 Å². The fourth-order valence-electron chi connectivity index (χ4n) is 3.00. The van der Waals surface area contributed by atoms with Crippen LogP contribution in [0.1, 0.15) is 16.3 Å². The molecule has 0 fully saturated rings. The molecule has 0 unspecified atom stereocenters. The van der Waals surface area contributed by atoms with Gasteiger partial charge in [0.05, 0.1) is 17.2 Å². The molecular weight excluding hydrogens is 380 g/mol. The van der Waals surface area contributed by atoms with Crippen molar-refractivity contribution in [1.82, 2.24) is 20.2 Å². The molecule has 0 spiro atoms. The van der Waals surface area contributed by atoms with Crippen LogP contribution in [0.5, 0.6) is 0 Å². The van der Waals surface area contributed by atoms with Crippen LogP contribution < -0.4 is 5.56 Å². The molecule has 0 bridgehead atoms. The molecule has 138 valence electrons. The maximum atomic E-state index is 12.5. The summed E-state index contributed by atoms with van der Waals surface area (Å²) in [4.78, 5) is 32.5. The van der Waals surface area contributed by atoms with Crippen molar-refractivity contribution in [1.29, 1.82) is 0 Å². The van der Waals surface area contributed by atoms with E-state index in [-0.39, 0.29) is 23.7 Å². The first kappa shape index (κ1) is 16.5. The summed E-state index contributed by atoms with van der Waals surface area (Å²) in [6.45, 7) is -0.167. The first-order valence-electron chi connectivity index (χ1n) is 8.35. The smallest absolute Gasteiger partial charge is 0.359 e. The van der Waals surface area contributed by atoms with Gasteiger partial charge in [-0.25, -0.2) is 9.78 Å². The second kappa shape index (κ2) is 6.46. The van der Waals surface area contributed by atoms with E-state index in [1.54, 1.807) is 24.5 Å². The lowest BCUT2D eigenvalue weighted by Gasteiger charge is -2.03. The first-order valence-corrected chi connectivity index (χ1v) is 9.23. The molecule has 1 aromatic carbocycles. The van der Waals surface area contributed by atoms with Crippen LogP contribution in [0.4, 0.5) is 0 Å². The molecular formula is C19H12N4O4S. The second-order valence-electron chi connectivity index (χ2n) is 6.01. The summed E-state index contributed by atoms with van der Waals surface area (Å²) in [5, 5.41) is 9.73. The third kappa shape index (κ3) is 2.69. The summed E-state index contributed by atoms with van der Waals surface area (Å²) >= 11 is 1.33. The Morgan fingerprint density at radius 1 is 1.21 bits per heavy atom. The van der Waals surface area contributed by atoms with Gasteiger partial charge in [0, 0.05) is 16.3 Å². The highest BCUT2D eigenvalue weighted by molar-refractivity contribution is 7.17. The minimum atomic E-state index is -0.595. The molecule has 28 heavy (non-hydrogen) atoms. The summed E-state index contributed by atoms with van der Waals surface area (Å²) in [6.07, 6.45) is 1.55. The Morgan fingerprint density at radius 2 is 2.11 bits per heavy atom. The number of furan rings is 1. The van der Waals surface area contributed by atoms with Gasteiger partial charge in [0.15, 0.2) is 5.69 Å². The lowest BCUT2D eigenvalue weighted by atomic mass is 10.2. The highest BCUT2D eigenvalue weighted by atomic mass is 32.1. The van der Waals surface area contributed by atoms with Crippen molar-refractivity contribution < 1.29 is 13.9 Å². The van der Waals surface area contributed by atoms with Crippen LogP contribution in [-0.4, -0.2) is 26.1 Å². The molecule has 2 N–H and O–H groups in total. The van der Waals surface area contributed by atoms with Crippen LogP contribution in [0.2, 0.25) is 0 Å². The monoisotopic (exact) mass is 392 g/mol. The molecule has 0 saturated heterocycles. The van der Waals surface area contributed by atoms with E-state index < -0.39 is 5.97 Å². The van der Waals surface area contributed by atoms with Gasteiger partial charge in [-0.1, -0.05) is 18.2 Å². The summed E-state index contributed by atoms with van der Waals surface area (Å²) in [5.41, 5.74) is 1.31. The Balaban J connectivity index is 1.41. The maximum Gasteiger partial charge on any atom is 0.359 e. The molecule has 0 aliphatic carbocycles. The number of H-pyrrole nitrogens is 2. The number of hydrogen-bond acceptors (Lipinski definition) is 7. The zero-order chi connectivity index (χ0) is 19.1. The number of carbonyl (C=O) groups is 1. The van der Waals surface area contributed by atoms with Gasteiger partial charge in [0.1, 0.15) is 23.0 Å². The molecule has 4 aromatic heterocycles. The zero-order valence-corrected chi connectivity index (χ0v) is 15.1. The van der Waals surface area contributed by atoms with E-state index in [0.29, 0.717) is 26.9 Å². The Labute approximate surface area is 160 Å². The van der Waals surface area contributed by atoms with Crippen molar-refractivity contribution in [2.24, 2.45) is 0 Å². The molecule has 5 aromatic rings. The summed E-state index contributed by atoms with van der Waals surface area (Å²) in [6, 6.07) is 10.8. The molecule has 0 atom stereocenters. The van der Waals surface area contributed by atoms with Gasteiger partial charge in [-0.05, 0) is 18.2 Å². The van der Waals surface area contributed by atoms with Gasteiger partial charge < -0.3 is 14.1 Å². The number of nitrogens with zero attached hydrogens (tertiary/aromatic N) is 2. The van der Waals surface area contributed by atoms with Gasteiger partial charge in [0.25, 0.3) is 5.56 Å². The van der Waals surface area contributed by atoms with Gasteiger partial charge in [0.2, 0.25) is 0 Å². The molecule has 0 aliphatic rings. The van der Waals surface area contributed by atoms with E-state index in [9.17, 15) is 9.59 Å². The molecule has 4 heterocycles. The predicted molar refractivity (Wildman–Crippen MR) is 103 cm³/mol. The Morgan fingerprint density at radius 3 is 2.96 bits per heavy atom. The number of esters is 1. The highest BCUT2D eigenvalue weighted by Crippen LogP contribution is 2.30. The highest BCUT2D eigenvalue weighted by Gasteiger charge is 2.18. The van der Waals surface area contributed by atoms with E-state index in [1.165, 1.54) is 11.3 Å². The van der Waals surface area contributed by atoms with Crippen LogP contribution in [0.3, 0.4) is 0 Å². The third-order valence-electron chi connectivity index (χ3n) is 4.28. The van der Waals surface area contributed by atoms with Crippen LogP contribution in [0, 0.1) is 0 Å². The van der Waals surface area contributed by atoms with E-state index in [4.69, 9.17) is 9.15 Å². The maximum absolute atomic E-state index is 12.5. The van der Waals surface area contributed by atoms with Gasteiger partial charge in [-0.15, -0.1) is 11.3 Å². The number of aromatic nitrogens is 4. The topological polar surface area (TPSA) is 114 Å². The van der Waals surface area contributed by atoms with Crippen molar-refractivity contribution in [3.8, 4) is 11.3 Å². The number of benzene rings is 1. The normalized spacial score (nSPS) is 11.3. The van der Waals surface area contributed by atoms with E-state index in [0.717, 1.165) is 5.52 Å². The van der Waals surface area contributed by atoms with Crippen molar-refractivity contribution in [3.05, 3.63) is 69.9 Å². The first-order chi connectivity index (χ1) is 13.7. The third-order valence-corrected chi connectivity index (χ3v) is 5.16. The SMILES string of the molecule is O=C(OCc1nc2scc(-c3ccco3)c2c(=O)[nH]1)c1n[nH]c2ccccc12. The van der Waals surface area contributed by atoms with Crippen molar-refractivity contribution in [3.63, 3.8) is 0 Å². The molecule has 0 amide bonds. The molecule has 8 nitrogen and oxygen atoms in total. The number of hydrogen-bond donors (Lipinski definition) is 2. The molecule has 5 rings (SSSR count). The van der Waals surface area contributed by atoms with Crippen LogP contribution >= 0.6 is 11.3 Å². The van der Waals surface area contributed by atoms with Gasteiger partial charge >= 0.3 is 5.97 Å². The molecule has 0 aliphatic heterocycles. The quantitative estimate of drug-likeness (QED) is 0.453. The second-order valence-corrected chi connectivity index (χ2v) is 6.87. The summed E-state index contributed by atoms with van der Waals surface area (Å²) in [7, 11) is 0.